The number of hydrogen-bond donors (Lipinski definition) is 1. The predicted octanol–water partition coefficient (Wildman–Crippen LogP) is 2.57. The van der Waals surface area contributed by atoms with E-state index in [9.17, 15) is 14.3 Å². The van der Waals surface area contributed by atoms with Gasteiger partial charge in [-0.15, -0.1) is 0 Å². The third kappa shape index (κ3) is 4.93. The highest BCUT2D eigenvalue weighted by Gasteiger charge is 2.35. The van der Waals surface area contributed by atoms with Crippen LogP contribution in [0, 0.1) is 17.7 Å². The average Bonchev–Trinajstić information content (AvgIpc) is 2.98. The molecular weight excluding hydrogens is 343 g/mol. The van der Waals surface area contributed by atoms with E-state index >= 15 is 0 Å². The van der Waals surface area contributed by atoms with Crippen LogP contribution in [0.25, 0.3) is 0 Å². The molecule has 0 bridgehead atoms. The second-order valence-corrected chi connectivity index (χ2v) is 7.75. The molecule has 1 N–H and O–H groups in total. The number of nitrogens with zero attached hydrogens (tertiary/aromatic N) is 2. The summed E-state index contributed by atoms with van der Waals surface area (Å²) in [6.07, 6.45) is 3.91. The van der Waals surface area contributed by atoms with Crippen LogP contribution in [-0.4, -0.2) is 60.1 Å². The van der Waals surface area contributed by atoms with Crippen molar-refractivity contribution in [2.45, 2.75) is 25.7 Å². The van der Waals surface area contributed by atoms with Crippen LogP contribution in [0.5, 0.6) is 0 Å². The summed E-state index contributed by atoms with van der Waals surface area (Å²) in [5, 5.41) is 10.0. The number of benzene rings is 1. The third-order valence-electron chi connectivity index (χ3n) is 5.38. The van der Waals surface area contributed by atoms with Gasteiger partial charge in [-0.2, -0.15) is 0 Å². The lowest BCUT2D eigenvalue weighted by Crippen LogP contribution is -2.37. The van der Waals surface area contributed by atoms with Crippen LogP contribution >= 0.6 is 11.6 Å². The fourth-order valence-electron chi connectivity index (χ4n) is 4.03. The Morgan fingerprint density at radius 2 is 1.88 bits per heavy atom. The molecule has 25 heavy (non-hydrogen) atoms. The molecular formula is C19H26ClFN2O2. The van der Waals surface area contributed by atoms with E-state index in [2.05, 4.69) is 4.90 Å². The molecule has 1 aromatic rings. The van der Waals surface area contributed by atoms with E-state index in [1.165, 1.54) is 31.4 Å². The van der Waals surface area contributed by atoms with Gasteiger partial charge in [0.25, 0.3) is 0 Å². The Kier molecular flexibility index (Phi) is 6.31. The fourth-order valence-corrected chi connectivity index (χ4v) is 4.27. The summed E-state index contributed by atoms with van der Waals surface area (Å²) < 4.78 is 13.4. The van der Waals surface area contributed by atoms with Crippen molar-refractivity contribution in [3.8, 4) is 0 Å². The maximum Gasteiger partial charge on any atom is 0.227 e. The molecule has 2 aliphatic rings. The van der Waals surface area contributed by atoms with Gasteiger partial charge in [-0.3, -0.25) is 4.79 Å². The van der Waals surface area contributed by atoms with Gasteiger partial charge < -0.3 is 14.9 Å². The van der Waals surface area contributed by atoms with Crippen LogP contribution in [0.1, 0.15) is 24.8 Å². The van der Waals surface area contributed by atoms with Gasteiger partial charge in [0.05, 0.1) is 6.42 Å². The Labute approximate surface area is 153 Å². The van der Waals surface area contributed by atoms with Crippen molar-refractivity contribution >= 4 is 17.5 Å². The average molecular weight is 369 g/mol. The van der Waals surface area contributed by atoms with Crippen molar-refractivity contribution in [2.75, 3.05) is 39.3 Å². The summed E-state index contributed by atoms with van der Waals surface area (Å²) in [5.41, 5.74) is 0.593. The minimum atomic E-state index is -0.423. The molecule has 6 heteroatoms. The molecule has 0 saturated carbocycles. The summed E-state index contributed by atoms with van der Waals surface area (Å²) in [4.78, 5) is 16.9. The molecule has 0 aromatic heterocycles. The first kappa shape index (κ1) is 18.6. The van der Waals surface area contributed by atoms with Crippen molar-refractivity contribution in [3.05, 3.63) is 34.6 Å². The molecule has 2 aliphatic heterocycles. The standard InChI is InChI=1S/C19H26ClFN2O2/c20-17-6-14(7-18(21)9-17)8-19(25)23-11-15(16(12-23)13-24)10-22-4-2-1-3-5-22/h6-7,9,15-16,24H,1-5,8,10-13H2/t15-,16-/m1/s1. The van der Waals surface area contributed by atoms with Crippen molar-refractivity contribution in [1.82, 2.24) is 9.80 Å². The molecule has 1 aromatic carbocycles. The highest BCUT2D eigenvalue weighted by atomic mass is 35.5. The molecule has 2 heterocycles. The van der Waals surface area contributed by atoms with E-state index < -0.39 is 5.82 Å². The minimum absolute atomic E-state index is 0.0266. The largest absolute Gasteiger partial charge is 0.396 e. The van der Waals surface area contributed by atoms with Crippen molar-refractivity contribution in [1.29, 1.82) is 0 Å². The summed E-state index contributed by atoms with van der Waals surface area (Å²) in [7, 11) is 0. The van der Waals surface area contributed by atoms with Gasteiger partial charge in [0, 0.05) is 37.2 Å². The molecule has 0 unspecified atom stereocenters. The van der Waals surface area contributed by atoms with E-state index in [0.717, 1.165) is 19.6 Å². The van der Waals surface area contributed by atoms with Crippen LogP contribution < -0.4 is 0 Å². The van der Waals surface area contributed by atoms with E-state index in [4.69, 9.17) is 11.6 Å². The van der Waals surface area contributed by atoms with Gasteiger partial charge in [0.1, 0.15) is 5.82 Å². The highest BCUT2D eigenvalue weighted by molar-refractivity contribution is 6.30. The Morgan fingerprint density at radius 1 is 1.16 bits per heavy atom. The lowest BCUT2D eigenvalue weighted by Gasteiger charge is -2.30. The molecule has 4 nitrogen and oxygen atoms in total. The number of carbonyl (C=O) groups is 1. The van der Waals surface area contributed by atoms with Crippen LogP contribution in [0.2, 0.25) is 5.02 Å². The smallest absolute Gasteiger partial charge is 0.227 e. The number of aliphatic hydroxyl groups is 1. The first-order valence-corrected chi connectivity index (χ1v) is 9.49. The summed E-state index contributed by atoms with van der Waals surface area (Å²) in [6.45, 7) is 4.53. The van der Waals surface area contributed by atoms with Gasteiger partial charge in [0.2, 0.25) is 5.91 Å². The van der Waals surface area contributed by atoms with Crippen LogP contribution in [0.3, 0.4) is 0 Å². The zero-order valence-electron chi connectivity index (χ0n) is 14.5. The first-order chi connectivity index (χ1) is 12.0. The Balaban J connectivity index is 1.59. The minimum Gasteiger partial charge on any atom is -0.396 e. The molecule has 2 saturated heterocycles. The van der Waals surface area contributed by atoms with E-state index in [1.807, 2.05) is 4.90 Å². The van der Waals surface area contributed by atoms with Crippen LogP contribution in [-0.2, 0) is 11.2 Å². The quantitative estimate of drug-likeness (QED) is 0.868. The number of likely N-dealkylation sites (tertiary alicyclic amines) is 2. The van der Waals surface area contributed by atoms with Gasteiger partial charge in [0.15, 0.2) is 0 Å². The SMILES string of the molecule is O=C(Cc1cc(F)cc(Cl)c1)N1C[C@@H](CN2CCCCC2)[C@@H](CO)C1. The lowest BCUT2D eigenvalue weighted by atomic mass is 9.95. The van der Waals surface area contributed by atoms with E-state index in [0.29, 0.717) is 29.6 Å². The van der Waals surface area contributed by atoms with E-state index in [-0.39, 0.29) is 24.9 Å². The second-order valence-electron chi connectivity index (χ2n) is 7.32. The number of carbonyl (C=O) groups excluding carboxylic acids is 1. The molecule has 0 radical (unpaired) electrons. The maximum atomic E-state index is 13.4. The van der Waals surface area contributed by atoms with Gasteiger partial charge in [-0.1, -0.05) is 18.0 Å². The number of halogens is 2. The van der Waals surface area contributed by atoms with E-state index in [1.54, 1.807) is 6.07 Å². The topological polar surface area (TPSA) is 43.8 Å². The summed E-state index contributed by atoms with van der Waals surface area (Å²) in [6, 6.07) is 4.23. The van der Waals surface area contributed by atoms with Gasteiger partial charge in [-0.25, -0.2) is 4.39 Å². The number of piperidine rings is 1. The molecule has 1 amide bonds. The predicted molar refractivity (Wildman–Crippen MR) is 96.1 cm³/mol. The Morgan fingerprint density at radius 3 is 2.56 bits per heavy atom. The molecule has 3 rings (SSSR count). The Hall–Kier alpha value is -1.17. The third-order valence-corrected chi connectivity index (χ3v) is 5.60. The first-order valence-electron chi connectivity index (χ1n) is 9.11. The maximum absolute atomic E-state index is 13.4. The number of hydrogen-bond acceptors (Lipinski definition) is 3. The zero-order chi connectivity index (χ0) is 17.8. The number of amides is 1. The van der Waals surface area contributed by atoms with Crippen molar-refractivity contribution in [3.63, 3.8) is 0 Å². The lowest BCUT2D eigenvalue weighted by molar-refractivity contribution is -0.129. The van der Waals surface area contributed by atoms with Gasteiger partial charge in [-0.05, 0) is 55.6 Å². The Bertz CT molecular complexity index is 587. The monoisotopic (exact) mass is 368 g/mol. The van der Waals surface area contributed by atoms with Crippen LogP contribution in [0.15, 0.2) is 18.2 Å². The summed E-state index contributed by atoms with van der Waals surface area (Å²) >= 11 is 5.87. The molecule has 2 atom stereocenters. The second kappa shape index (κ2) is 8.47. The normalized spacial score (nSPS) is 24.7. The molecule has 2 fully saturated rings. The van der Waals surface area contributed by atoms with Gasteiger partial charge >= 0.3 is 0 Å². The summed E-state index contributed by atoms with van der Waals surface area (Å²) in [5.74, 6) is -0.0145. The number of aliphatic hydroxyl groups excluding tert-OH is 1. The van der Waals surface area contributed by atoms with Crippen molar-refractivity contribution in [2.24, 2.45) is 11.8 Å². The molecule has 0 spiro atoms. The number of rotatable bonds is 5. The van der Waals surface area contributed by atoms with Crippen molar-refractivity contribution < 1.29 is 14.3 Å². The fraction of sp³-hybridized carbons (Fsp3) is 0.632. The van der Waals surface area contributed by atoms with Crippen LogP contribution in [0.4, 0.5) is 4.39 Å². The highest BCUT2D eigenvalue weighted by Crippen LogP contribution is 2.26. The zero-order valence-corrected chi connectivity index (χ0v) is 15.2. The molecule has 0 aliphatic carbocycles. The molecule has 138 valence electrons.